The van der Waals surface area contributed by atoms with Gasteiger partial charge < -0.3 is 19.9 Å². The fourth-order valence-corrected chi connectivity index (χ4v) is 2.78. The highest BCUT2D eigenvalue weighted by Gasteiger charge is 2.31. The lowest BCUT2D eigenvalue weighted by molar-refractivity contribution is 0.0506. The number of hydrogen-bond donors (Lipinski definition) is 2. The van der Waals surface area contributed by atoms with Crippen LogP contribution in [0, 0.1) is 5.92 Å². The van der Waals surface area contributed by atoms with Gasteiger partial charge in [-0.3, -0.25) is 4.98 Å². The Labute approximate surface area is 146 Å². The van der Waals surface area contributed by atoms with Gasteiger partial charge in [-0.15, -0.1) is 0 Å². The Morgan fingerprint density at radius 3 is 2.76 bits per heavy atom. The van der Waals surface area contributed by atoms with E-state index in [0.29, 0.717) is 30.6 Å². The molecule has 2 amide bonds. The van der Waals surface area contributed by atoms with Crippen LogP contribution in [-0.2, 0) is 4.74 Å². The van der Waals surface area contributed by atoms with Gasteiger partial charge in [0.25, 0.3) is 0 Å². The molecule has 1 atom stereocenters. The lowest BCUT2D eigenvalue weighted by atomic mass is 9.91. The van der Waals surface area contributed by atoms with Gasteiger partial charge in [0.2, 0.25) is 5.89 Å². The lowest BCUT2D eigenvalue weighted by Crippen LogP contribution is -2.38. The van der Waals surface area contributed by atoms with E-state index in [4.69, 9.17) is 9.26 Å². The van der Waals surface area contributed by atoms with E-state index < -0.39 is 0 Å². The fraction of sp³-hybridized carbons (Fsp3) is 0.529. The summed E-state index contributed by atoms with van der Waals surface area (Å²) in [7, 11) is 0. The van der Waals surface area contributed by atoms with Crippen molar-refractivity contribution < 1.29 is 14.1 Å². The van der Waals surface area contributed by atoms with E-state index in [0.717, 1.165) is 12.8 Å². The molecule has 2 N–H and O–H groups in total. The van der Waals surface area contributed by atoms with Crippen LogP contribution in [0.15, 0.2) is 29.0 Å². The van der Waals surface area contributed by atoms with E-state index in [1.807, 2.05) is 13.8 Å². The maximum atomic E-state index is 12.4. The molecule has 0 aromatic carbocycles. The van der Waals surface area contributed by atoms with Crippen molar-refractivity contribution in [1.29, 1.82) is 0 Å². The van der Waals surface area contributed by atoms with Crippen molar-refractivity contribution in [3.63, 3.8) is 0 Å². The number of aromatic nitrogens is 3. The fourth-order valence-electron chi connectivity index (χ4n) is 2.78. The van der Waals surface area contributed by atoms with Gasteiger partial charge in [-0.05, 0) is 30.9 Å². The van der Waals surface area contributed by atoms with Crippen molar-refractivity contribution in [3.8, 4) is 0 Å². The summed E-state index contributed by atoms with van der Waals surface area (Å²) in [5.41, 5.74) is 0.624. The number of anilines is 1. The number of hydrogen-bond acceptors (Lipinski definition) is 6. The third-order valence-electron chi connectivity index (χ3n) is 4.18. The van der Waals surface area contributed by atoms with Gasteiger partial charge in [-0.1, -0.05) is 19.0 Å². The van der Waals surface area contributed by atoms with Crippen LogP contribution in [0.4, 0.5) is 10.5 Å². The Bertz CT molecular complexity index is 683. The van der Waals surface area contributed by atoms with E-state index in [-0.39, 0.29) is 23.9 Å². The summed E-state index contributed by atoms with van der Waals surface area (Å²) in [6, 6.07) is 2.87. The molecule has 8 nitrogen and oxygen atoms in total. The molecule has 0 bridgehead atoms. The van der Waals surface area contributed by atoms with E-state index in [1.165, 1.54) is 0 Å². The van der Waals surface area contributed by atoms with Crippen molar-refractivity contribution in [2.24, 2.45) is 5.92 Å². The minimum atomic E-state index is -0.347. The Morgan fingerprint density at radius 1 is 1.32 bits per heavy atom. The molecule has 1 fully saturated rings. The molecule has 134 valence electrons. The van der Waals surface area contributed by atoms with Gasteiger partial charge in [0.15, 0.2) is 5.82 Å². The van der Waals surface area contributed by atoms with Crippen LogP contribution in [-0.4, -0.2) is 34.4 Å². The number of nitrogens with one attached hydrogen (secondary N) is 2. The highest BCUT2D eigenvalue weighted by Crippen LogP contribution is 2.30. The first-order valence-corrected chi connectivity index (χ1v) is 8.52. The number of urea groups is 1. The molecule has 0 aliphatic carbocycles. The molecule has 0 unspecified atom stereocenters. The Kier molecular flexibility index (Phi) is 5.60. The number of pyridine rings is 1. The third-order valence-corrected chi connectivity index (χ3v) is 4.18. The minimum Gasteiger partial charge on any atom is -0.381 e. The molecule has 0 spiro atoms. The van der Waals surface area contributed by atoms with Gasteiger partial charge in [0.05, 0.1) is 11.9 Å². The van der Waals surface area contributed by atoms with Crippen molar-refractivity contribution in [1.82, 2.24) is 20.4 Å². The summed E-state index contributed by atoms with van der Waals surface area (Å²) in [4.78, 5) is 20.9. The number of carbonyl (C=O) groups is 1. The molecule has 1 saturated heterocycles. The van der Waals surface area contributed by atoms with Crippen molar-refractivity contribution in [3.05, 3.63) is 36.2 Å². The second-order valence-electron chi connectivity index (χ2n) is 6.41. The Hall–Kier alpha value is -2.48. The summed E-state index contributed by atoms with van der Waals surface area (Å²) >= 11 is 0. The quantitative estimate of drug-likeness (QED) is 0.864. The van der Waals surface area contributed by atoms with Crippen LogP contribution in [0.5, 0.6) is 0 Å². The van der Waals surface area contributed by atoms with E-state index in [2.05, 4.69) is 25.8 Å². The van der Waals surface area contributed by atoms with Gasteiger partial charge in [0.1, 0.15) is 6.04 Å². The maximum absolute atomic E-state index is 12.4. The van der Waals surface area contributed by atoms with E-state index in [9.17, 15) is 4.79 Å². The Morgan fingerprint density at radius 2 is 2.12 bits per heavy atom. The van der Waals surface area contributed by atoms with Crippen molar-refractivity contribution >= 4 is 11.7 Å². The predicted molar refractivity (Wildman–Crippen MR) is 91.1 cm³/mol. The summed E-state index contributed by atoms with van der Waals surface area (Å²) in [6.07, 6.45) is 4.90. The molecular weight excluding hydrogens is 322 g/mol. The summed E-state index contributed by atoms with van der Waals surface area (Å²) in [5.74, 6) is 1.43. The number of ether oxygens (including phenoxy) is 1. The number of rotatable bonds is 5. The number of amides is 2. The SMILES string of the molecule is CC(C)c1noc([C@@H](NC(=O)Nc2cccnc2)C2CCOCC2)n1. The van der Waals surface area contributed by atoms with Crippen LogP contribution >= 0.6 is 0 Å². The van der Waals surface area contributed by atoms with E-state index in [1.54, 1.807) is 24.5 Å². The topological polar surface area (TPSA) is 102 Å². The average molecular weight is 345 g/mol. The largest absolute Gasteiger partial charge is 0.381 e. The summed E-state index contributed by atoms with van der Waals surface area (Å²) in [5, 5.41) is 9.77. The second kappa shape index (κ2) is 8.06. The maximum Gasteiger partial charge on any atom is 0.319 e. The molecule has 1 aliphatic heterocycles. The van der Waals surface area contributed by atoms with E-state index >= 15 is 0 Å². The van der Waals surface area contributed by atoms with Crippen LogP contribution in [0.25, 0.3) is 0 Å². The number of carbonyl (C=O) groups excluding carboxylic acids is 1. The molecule has 2 aromatic rings. The van der Waals surface area contributed by atoms with Crippen LogP contribution < -0.4 is 10.6 Å². The molecule has 1 aliphatic rings. The zero-order chi connectivity index (χ0) is 17.6. The summed E-state index contributed by atoms with van der Waals surface area (Å²) < 4.78 is 10.9. The second-order valence-corrected chi connectivity index (χ2v) is 6.41. The normalized spacial score (nSPS) is 16.6. The third kappa shape index (κ3) is 4.54. The van der Waals surface area contributed by atoms with Crippen LogP contribution in [0.3, 0.4) is 0 Å². The molecule has 0 radical (unpaired) electrons. The van der Waals surface area contributed by atoms with Crippen LogP contribution in [0.2, 0.25) is 0 Å². The molecule has 0 saturated carbocycles. The summed E-state index contributed by atoms with van der Waals surface area (Å²) in [6.45, 7) is 5.33. The van der Waals surface area contributed by atoms with Gasteiger partial charge >= 0.3 is 6.03 Å². The zero-order valence-corrected chi connectivity index (χ0v) is 14.4. The molecule has 3 heterocycles. The smallest absolute Gasteiger partial charge is 0.319 e. The Balaban J connectivity index is 1.74. The van der Waals surface area contributed by atoms with Crippen molar-refractivity contribution in [2.75, 3.05) is 18.5 Å². The molecule has 25 heavy (non-hydrogen) atoms. The molecule has 3 rings (SSSR count). The molecular formula is C17H23N5O3. The zero-order valence-electron chi connectivity index (χ0n) is 14.4. The molecule has 2 aromatic heterocycles. The monoisotopic (exact) mass is 345 g/mol. The van der Waals surface area contributed by atoms with Crippen LogP contribution in [0.1, 0.15) is 50.4 Å². The predicted octanol–water partition coefficient (Wildman–Crippen LogP) is 2.88. The first-order valence-electron chi connectivity index (χ1n) is 8.52. The average Bonchev–Trinajstić information content (AvgIpc) is 3.11. The van der Waals surface area contributed by atoms with Gasteiger partial charge in [-0.2, -0.15) is 4.98 Å². The number of nitrogens with zero attached hydrogens (tertiary/aromatic N) is 3. The highest BCUT2D eigenvalue weighted by molar-refractivity contribution is 5.89. The lowest BCUT2D eigenvalue weighted by Gasteiger charge is -2.28. The van der Waals surface area contributed by atoms with Gasteiger partial charge in [0, 0.05) is 25.3 Å². The standard InChI is InChI=1S/C17H23N5O3/c1-11(2)15-21-16(25-22-15)14(12-5-8-24-9-6-12)20-17(23)19-13-4-3-7-18-10-13/h3-4,7,10-12,14H,5-6,8-9H2,1-2H3,(H2,19,20,23)/t14-/m0/s1. The van der Waals surface area contributed by atoms with Gasteiger partial charge in [-0.25, -0.2) is 4.79 Å². The van der Waals surface area contributed by atoms with Crippen molar-refractivity contribution in [2.45, 2.75) is 38.6 Å². The first kappa shape index (κ1) is 17.3. The highest BCUT2D eigenvalue weighted by atomic mass is 16.5. The first-order chi connectivity index (χ1) is 12.1. The minimum absolute atomic E-state index is 0.164. The molecule has 8 heteroatoms.